The van der Waals surface area contributed by atoms with Crippen LogP contribution in [0.25, 0.3) is 49.8 Å². The van der Waals surface area contributed by atoms with Crippen molar-refractivity contribution >= 4 is 44.0 Å². The molecule has 0 atom stereocenters. The maximum absolute atomic E-state index is 10.3. The Kier molecular flexibility index (Phi) is 3.86. The number of aromatic hydroxyl groups is 1. The lowest BCUT2D eigenvalue weighted by atomic mass is 10.2. The van der Waals surface area contributed by atoms with Gasteiger partial charge >= 0.3 is 0 Å². The zero-order valence-electron chi connectivity index (χ0n) is 17.7. The molecule has 0 aliphatic carbocycles. The first-order valence-corrected chi connectivity index (χ1v) is 10.8. The maximum Gasteiger partial charge on any atom is 0.227 e. The van der Waals surface area contributed by atoms with E-state index in [0.717, 1.165) is 27.8 Å². The van der Waals surface area contributed by atoms with Crippen molar-refractivity contribution in [2.24, 2.45) is 0 Å². The Morgan fingerprint density at radius 1 is 0.824 bits per heavy atom. The lowest BCUT2D eigenvalue weighted by Gasteiger charge is -2.07. The summed E-state index contributed by atoms with van der Waals surface area (Å²) in [6.45, 7) is 0. The van der Waals surface area contributed by atoms with Crippen molar-refractivity contribution in [3.63, 3.8) is 0 Å². The summed E-state index contributed by atoms with van der Waals surface area (Å²) in [4.78, 5) is 13.7. The van der Waals surface area contributed by atoms with E-state index in [9.17, 15) is 5.11 Å². The molecule has 0 radical (unpaired) electrons. The van der Waals surface area contributed by atoms with Gasteiger partial charge in [-0.25, -0.2) is 9.97 Å². The van der Waals surface area contributed by atoms with Gasteiger partial charge in [-0.2, -0.15) is 4.98 Å². The average molecular weight is 444 g/mol. The van der Waals surface area contributed by atoms with E-state index in [2.05, 4.69) is 22.1 Å². The minimum atomic E-state index is 0.134. The van der Waals surface area contributed by atoms with Gasteiger partial charge in [-0.15, -0.1) is 0 Å². The molecule has 0 aliphatic rings. The van der Waals surface area contributed by atoms with Gasteiger partial charge in [0, 0.05) is 23.0 Å². The molecule has 7 nitrogen and oxygen atoms in total. The van der Waals surface area contributed by atoms with Gasteiger partial charge in [-0.1, -0.05) is 30.3 Å². The molecule has 7 aromatic rings. The number of rotatable bonds is 3. The number of nitrogens with zero attached hydrogens (tertiary/aromatic N) is 4. The Balaban J connectivity index is 1.39. The number of phenolic OH excluding ortho intramolecular Hbond substituents is 1. The summed E-state index contributed by atoms with van der Waals surface area (Å²) in [5.74, 6) is 1.83. The van der Waals surface area contributed by atoms with Crippen molar-refractivity contribution in [3.05, 3.63) is 91.3 Å². The summed E-state index contributed by atoms with van der Waals surface area (Å²) in [6.07, 6.45) is 3.35. The Bertz CT molecular complexity index is 1850. The minimum absolute atomic E-state index is 0.134. The van der Waals surface area contributed by atoms with E-state index in [1.807, 2.05) is 47.0 Å². The topological polar surface area (TPSA) is 86.2 Å². The minimum Gasteiger partial charge on any atom is -0.507 e. The van der Waals surface area contributed by atoms with Crippen LogP contribution in [-0.4, -0.2) is 24.6 Å². The van der Waals surface area contributed by atoms with Crippen molar-refractivity contribution in [1.29, 1.82) is 0 Å². The van der Waals surface area contributed by atoms with Crippen molar-refractivity contribution in [3.8, 4) is 23.2 Å². The van der Waals surface area contributed by atoms with Crippen molar-refractivity contribution in [2.75, 3.05) is 0 Å². The molecule has 0 spiro atoms. The molecule has 5 aromatic heterocycles. The van der Waals surface area contributed by atoms with Crippen LogP contribution in [0, 0.1) is 0 Å². The smallest absolute Gasteiger partial charge is 0.227 e. The molecular formula is C27H16N4O3. The van der Waals surface area contributed by atoms with Crippen LogP contribution >= 0.6 is 0 Å². The molecule has 34 heavy (non-hydrogen) atoms. The monoisotopic (exact) mass is 444 g/mol. The molecule has 5 heterocycles. The number of hydrogen-bond donors (Lipinski definition) is 1. The molecule has 162 valence electrons. The van der Waals surface area contributed by atoms with Crippen LogP contribution < -0.4 is 4.74 Å². The number of phenols is 1. The standard InChI is InChI=1S/C27H16N4O3/c32-21-8-5-9-22-25(21)19-14-16(15-29-27(19)34-22)33-24-12-11-18-17-6-1-2-7-20(17)31(26(18)30-24)23-10-3-4-13-28-23/h1-15,32H. The number of ether oxygens (including phenoxy) is 1. The number of fused-ring (bicyclic) bond motifs is 6. The van der Waals surface area contributed by atoms with E-state index < -0.39 is 0 Å². The number of aromatic nitrogens is 4. The third-order valence-electron chi connectivity index (χ3n) is 5.90. The summed E-state index contributed by atoms with van der Waals surface area (Å²) >= 11 is 0. The zero-order chi connectivity index (χ0) is 22.6. The Labute approximate surface area is 192 Å². The van der Waals surface area contributed by atoms with Crippen LogP contribution in [0.3, 0.4) is 0 Å². The Morgan fingerprint density at radius 2 is 1.74 bits per heavy atom. The molecule has 0 saturated heterocycles. The van der Waals surface area contributed by atoms with Crippen LogP contribution in [0.1, 0.15) is 0 Å². The fourth-order valence-electron chi connectivity index (χ4n) is 4.45. The molecule has 0 bridgehead atoms. The fraction of sp³-hybridized carbons (Fsp3) is 0. The lowest BCUT2D eigenvalue weighted by Crippen LogP contribution is -1.98. The van der Waals surface area contributed by atoms with E-state index in [-0.39, 0.29) is 5.75 Å². The van der Waals surface area contributed by atoms with E-state index in [0.29, 0.717) is 33.7 Å². The van der Waals surface area contributed by atoms with Crippen LogP contribution in [0.4, 0.5) is 0 Å². The number of para-hydroxylation sites is 1. The second-order valence-corrected chi connectivity index (χ2v) is 7.94. The third-order valence-corrected chi connectivity index (χ3v) is 5.90. The zero-order valence-corrected chi connectivity index (χ0v) is 17.7. The highest BCUT2D eigenvalue weighted by molar-refractivity contribution is 6.08. The fourth-order valence-corrected chi connectivity index (χ4v) is 4.45. The summed E-state index contributed by atoms with van der Waals surface area (Å²) in [6, 6.07) is 24.7. The predicted molar refractivity (Wildman–Crippen MR) is 130 cm³/mol. The quantitative estimate of drug-likeness (QED) is 0.341. The van der Waals surface area contributed by atoms with Gasteiger partial charge in [0.2, 0.25) is 11.6 Å². The average Bonchev–Trinajstić information content (AvgIpc) is 3.40. The maximum atomic E-state index is 10.3. The first-order valence-electron chi connectivity index (χ1n) is 10.8. The molecular weight excluding hydrogens is 428 g/mol. The van der Waals surface area contributed by atoms with E-state index >= 15 is 0 Å². The summed E-state index contributed by atoms with van der Waals surface area (Å²) in [5.41, 5.74) is 2.77. The molecule has 0 fully saturated rings. The number of pyridine rings is 3. The van der Waals surface area contributed by atoms with Crippen LogP contribution in [0.5, 0.6) is 17.4 Å². The number of hydrogen-bond acceptors (Lipinski definition) is 6. The second kappa shape index (κ2) is 7.05. The largest absolute Gasteiger partial charge is 0.507 e. The molecule has 2 aromatic carbocycles. The third kappa shape index (κ3) is 2.74. The molecule has 7 heteroatoms. The predicted octanol–water partition coefficient (Wildman–Crippen LogP) is 6.37. The van der Waals surface area contributed by atoms with Gasteiger partial charge in [0.1, 0.15) is 22.9 Å². The van der Waals surface area contributed by atoms with Gasteiger partial charge in [-0.3, -0.25) is 4.57 Å². The summed E-state index contributed by atoms with van der Waals surface area (Å²) in [5, 5.41) is 13.7. The van der Waals surface area contributed by atoms with Crippen molar-refractivity contribution in [1.82, 2.24) is 19.5 Å². The van der Waals surface area contributed by atoms with E-state index in [1.165, 1.54) is 0 Å². The number of furan rings is 1. The van der Waals surface area contributed by atoms with Crippen LogP contribution in [0.2, 0.25) is 0 Å². The second-order valence-electron chi connectivity index (χ2n) is 7.94. The van der Waals surface area contributed by atoms with Crippen molar-refractivity contribution in [2.45, 2.75) is 0 Å². The lowest BCUT2D eigenvalue weighted by molar-refractivity contribution is 0.463. The SMILES string of the molecule is Oc1cccc2oc3ncc(Oc4ccc5c6ccccc6n(-c6ccccn6)c5n4)cc3c12. The Morgan fingerprint density at radius 3 is 2.65 bits per heavy atom. The molecule has 0 unspecified atom stereocenters. The van der Waals surface area contributed by atoms with Crippen LogP contribution in [0.15, 0.2) is 95.7 Å². The Hall–Kier alpha value is -4.91. The number of benzene rings is 2. The van der Waals surface area contributed by atoms with Gasteiger partial charge in [0.05, 0.1) is 22.5 Å². The summed E-state index contributed by atoms with van der Waals surface area (Å²) in [7, 11) is 0. The van der Waals surface area contributed by atoms with Crippen molar-refractivity contribution < 1.29 is 14.3 Å². The molecule has 0 amide bonds. The molecule has 7 rings (SSSR count). The normalized spacial score (nSPS) is 11.6. The first kappa shape index (κ1) is 18.6. The highest BCUT2D eigenvalue weighted by Gasteiger charge is 2.16. The molecule has 0 aliphatic heterocycles. The first-order chi connectivity index (χ1) is 16.8. The summed E-state index contributed by atoms with van der Waals surface area (Å²) < 4.78 is 13.9. The highest BCUT2D eigenvalue weighted by atomic mass is 16.5. The van der Waals surface area contributed by atoms with Gasteiger partial charge in [0.15, 0.2) is 5.65 Å². The van der Waals surface area contributed by atoms with Gasteiger partial charge < -0.3 is 14.3 Å². The van der Waals surface area contributed by atoms with E-state index in [4.69, 9.17) is 14.1 Å². The molecule has 0 saturated carbocycles. The van der Waals surface area contributed by atoms with Gasteiger partial charge in [0.25, 0.3) is 0 Å². The van der Waals surface area contributed by atoms with E-state index in [1.54, 1.807) is 36.7 Å². The molecule has 1 N–H and O–H groups in total. The highest BCUT2D eigenvalue weighted by Crippen LogP contribution is 2.37. The van der Waals surface area contributed by atoms with Crippen LogP contribution in [-0.2, 0) is 0 Å². The van der Waals surface area contributed by atoms with Gasteiger partial charge in [-0.05, 0) is 42.5 Å².